The van der Waals surface area contributed by atoms with Gasteiger partial charge in [0.25, 0.3) is 0 Å². The molecule has 0 aliphatic heterocycles. The van der Waals surface area contributed by atoms with Crippen LogP contribution in [0.5, 0.6) is 5.75 Å². The molecule has 0 unspecified atom stereocenters. The number of ether oxygens (including phenoxy) is 1. The van der Waals surface area contributed by atoms with Crippen LogP contribution < -0.4 is 10.5 Å². The van der Waals surface area contributed by atoms with Gasteiger partial charge in [-0.3, -0.25) is 0 Å². The Bertz CT molecular complexity index is 798. The zero-order valence-corrected chi connectivity index (χ0v) is 13.2. The van der Waals surface area contributed by atoms with Crippen LogP contribution >= 0.6 is 34.5 Å². The van der Waals surface area contributed by atoms with Crippen molar-refractivity contribution < 1.29 is 9.26 Å². The van der Waals surface area contributed by atoms with E-state index in [9.17, 15) is 0 Å². The Morgan fingerprint density at radius 3 is 2.81 bits per heavy atom. The Hall–Kier alpha value is -1.69. The lowest BCUT2D eigenvalue weighted by atomic mass is 10.0. The molecule has 0 radical (unpaired) electrons. The largest absolute Gasteiger partial charge is 0.495 e. The molecule has 7 heteroatoms. The van der Waals surface area contributed by atoms with Crippen LogP contribution in [0.15, 0.2) is 34.2 Å². The number of aromatic nitrogens is 1. The molecule has 0 aliphatic carbocycles. The van der Waals surface area contributed by atoms with Crippen LogP contribution in [0.25, 0.3) is 21.8 Å². The molecule has 3 aromatic rings. The van der Waals surface area contributed by atoms with Gasteiger partial charge in [0.2, 0.25) is 0 Å². The molecule has 1 aromatic carbocycles. The van der Waals surface area contributed by atoms with E-state index in [0.717, 1.165) is 4.88 Å². The van der Waals surface area contributed by atoms with Crippen molar-refractivity contribution in [1.29, 1.82) is 0 Å². The van der Waals surface area contributed by atoms with Gasteiger partial charge in [0.1, 0.15) is 10.6 Å². The maximum atomic E-state index is 6.26. The second-order valence-corrected chi connectivity index (χ2v) is 5.97. The van der Waals surface area contributed by atoms with Gasteiger partial charge in [-0.1, -0.05) is 34.4 Å². The predicted octanol–water partition coefficient (Wildman–Crippen LogP) is 4.97. The highest BCUT2D eigenvalue weighted by Gasteiger charge is 2.23. The average Bonchev–Trinajstić information content (AvgIpc) is 3.05. The summed E-state index contributed by atoms with van der Waals surface area (Å²) in [5.41, 5.74) is 7.29. The number of anilines is 1. The van der Waals surface area contributed by atoms with E-state index in [1.54, 1.807) is 25.3 Å². The Kier molecular flexibility index (Phi) is 3.80. The molecule has 0 saturated carbocycles. The lowest BCUT2D eigenvalue weighted by molar-refractivity contribution is 0.409. The van der Waals surface area contributed by atoms with Crippen molar-refractivity contribution in [2.75, 3.05) is 12.8 Å². The van der Waals surface area contributed by atoms with Crippen molar-refractivity contribution in [2.45, 2.75) is 0 Å². The molecule has 0 amide bonds. The Morgan fingerprint density at radius 2 is 2.10 bits per heavy atom. The number of methoxy groups -OCH3 is 1. The fraction of sp³-hybridized carbons (Fsp3) is 0.0714. The number of nitrogens with zero attached hydrogens (tertiary/aromatic N) is 1. The van der Waals surface area contributed by atoms with E-state index in [2.05, 4.69) is 5.16 Å². The van der Waals surface area contributed by atoms with Crippen LogP contribution in [-0.4, -0.2) is 12.3 Å². The number of benzene rings is 1. The monoisotopic (exact) mass is 340 g/mol. The van der Waals surface area contributed by atoms with Gasteiger partial charge in [0.05, 0.1) is 17.7 Å². The Morgan fingerprint density at radius 1 is 1.29 bits per heavy atom. The normalized spacial score (nSPS) is 10.8. The molecule has 0 saturated heterocycles. The van der Waals surface area contributed by atoms with Crippen LogP contribution in [0.3, 0.4) is 0 Å². The third kappa shape index (κ3) is 2.48. The number of hydrogen-bond acceptors (Lipinski definition) is 5. The highest BCUT2D eigenvalue weighted by Crippen LogP contribution is 2.45. The van der Waals surface area contributed by atoms with Crippen molar-refractivity contribution >= 4 is 40.4 Å². The van der Waals surface area contributed by atoms with E-state index in [1.165, 1.54) is 11.3 Å². The molecule has 0 bridgehead atoms. The number of halogens is 2. The molecule has 0 spiro atoms. The summed E-state index contributed by atoms with van der Waals surface area (Å²) in [4.78, 5) is 0.808. The van der Waals surface area contributed by atoms with Crippen LogP contribution in [-0.2, 0) is 0 Å². The van der Waals surface area contributed by atoms with E-state index < -0.39 is 0 Å². The lowest BCUT2D eigenvalue weighted by Crippen LogP contribution is -1.90. The van der Waals surface area contributed by atoms with Gasteiger partial charge >= 0.3 is 0 Å². The maximum Gasteiger partial charge on any atom is 0.190 e. The number of nitrogens with two attached hydrogens (primary N) is 1. The summed E-state index contributed by atoms with van der Waals surface area (Å²) in [7, 11) is 1.60. The fourth-order valence-electron chi connectivity index (χ4n) is 2.03. The number of rotatable bonds is 3. The van der Waals surface area contributed by atoms with E-state index in [1.807, 2.05) is 11.4 Å². The number of nitrogen functional groups attached to an aromatic ring is 1. The predicted molar refractivity (Wildman–Crippen MR) is 86.2 cm³/mol. The minimum absolute atomic E-state index is 0.268. The van der Waals surface area contributed by atoms with Gasteiger partial charge in [0.15, 0.2) is 11.6 Å². The van der Waals surface area contributed by atoms with Crippen molar-refractivity contribution in [3.05, 3.63) is 39.7 Å². The van der Waals surface area contributed by atoms with E-state index in [0.29, 0.717) is 32.7 Å². The summed E-state index contributed by atoms with van der Waals surface area (Å²) in [6.45, 7) is 0. The highest BCUT2D eigenvalue weighted by atomic mass is 35.5. The first-order valence-corrected chi connectivity index (χ1v) is 7.57. The van der Waals surface area contributed by atoms with Crippen molar-refractivity contribution in [1.82, 2.24) is 5.16 Å². The quantitative estimate of drug-likeness (QED) is 0.731. The second-order valence-electron chi connectivity index (χ2n) is 4.21. The molecule has 4 nitrogen and oxygen atoms in total. The first kappa shape index (κ1) is 14.3. The average molecular weight is 341 g/mol. The summed E-state index contributed by atoms with van der Waals surface area (Å²) in [6, 6.07) is 7.04. The first-order valence-electron chi connectivity index (χ1n) is 5.94. The first-order chi connectivity index (χ1) is 10.1. The molecule has 0 atom stereocenters. The molecular formula is C14H10Cl2N2O2S. The Labute approximate surface area is 135 Å². The van der Waals surface area contributed by atoms with Gasteiger partial charge in [-0.05, 0) is 23.6 Å². The van der Waals surface area contributed by atoms with E-state index >= 15 is 0 Å². The summed E-state index contributed by atoms with van der Waals surface area (Å²) in [5.74, 6) is 1.50. The summed E-state index contributed by atoms with van der Waals surface area (Å²) < 4.78 is 10.7. The molecule has 0 aliphatic rings. The lowest BCUT2D eigenvalue weighted by Gasteiger charge is -2.06. The summed E-state index contributed by atoms with van der Waals surface area (Å²) >= 11 is 13.7. The van der Waals surface area contributed by atoms with Crippen LogP contribution in [0.2, 0.25) is 10.0 Å². The van der Waals surface area contributed by atoms with Crippen molar-refractivity contribution in [3.63, 3.8) is 0 Å². The molecule has 2 N–H and O–H groups in total. The number of hydrogen-bond donors (Lipinski definition) is 1. The molecule has 2 heterocycles. The molecule has 0 fully saturated rings. The summed E-state index contributed by atoms with van der Waals surface area (Å²) in [5, 5.41) is 6.78. The topological polar surface area (TPSA) is 61.3 Å². The number of thiophene rings is 1. The standard InChI is InChI=1S/C14H10Cl2N2O2S/c1-19-10-4-5-21-13(10)12-11(14(17)18-20-12)8-3-2-7(15)6-9(8)16/h2-6H,1H3,(H2,17,18). The van der Waals surface area contributed by atoms with Gasteiger partial charge in [-0.15, -0.1) is 11.3 Å². The SMILES string of the molecule is COc1ccsc1-c1onc(N)c1-c1ccc(Cl)cc1Cl. The molecule has 21 heavy (non-hydrogen) atoms. The van der Waals surface area contributed by atoms with Gasteiger partial charge in [-0.25, -0.2) is 0 Å². The minimum Gasteiger partial charge on any atom is -0.495 e. The Balaban J connectivity index is 2.22. The van der Waals surface area contributed by atoms with Crippen LogP contribution in [0, 0.1) is 0 Å². The van der Waals surface area contributed by atoms with Crippen molar-refractivity contribution in [3.8, 4) is 27.5 Å². The zero-order chi connectivity index (χ0) is 15.0. The van der Waals surface area contributed by atoms with Crippen LogP contribution in [0.1, 0.15) is 0 Å². The van der Waals surface area contributed by atoms with Crippen LogP contribution in [0.4, 0.5) is 5.82 Å². The van der Waals surface area contributed by atoms with Crippen molar-refractivity contribution in [2.24, 2.45) is 0 Å². The molecule has 2 aromatic heterocycles. The van der Waals surface area contributed by atoms with Gasteiger partial charge in [0, 0.05) is 10.6 Å². The molecule has 108 valence electrons. The highest BCUT2D eigenvalue weighted by molar-refractivity contribution is 7.14. The molecular weight excluding hydrogens is 331 g/mol. The summed E-state index contributed by atoms with van der Waals surface area (Å²) in [6.07, 6.45) is 0. The van der Waals surface area contributed by atoms with Gasteiger partial charge in [-0.2, -0.15) is 0 Å². The molecule has 3 rings (SSSR count). The second kappa shape index (κ2) is 5.60. The fourth-order valence-corrected chi connectivity index (χ4v) is 3.38. The third-order valence-electron chi connectivity index (χ3n) is 2.97. The third-order valence-corrected chi connectivity index (χ3v) is 4.42. The van der Waals surface area contributed by atoms with E-state index in [-0.39, 0.29) is 5.82 Å². The smallest absolute Gasteiger partial charge is 0.190 e. The minimum atomic E-state index is 0.268. The maximum absolute atomic E-state index is 6.26. The zero-order valence-electron chi connectivity index (χ0n) is 10.9. The van der Waals surface area contributed by atoms with Gasteiger partial charge < -0.3 is 15.0 Å². The van der Waals surface area contributed by atoms with E-state index in [4.69, 9.17) is 38.2 Å².